The maximum Gasteiger partial charge on any atom is 0.390 e. The van der Waals surface area contributed by atoms with Gasteiger partial charge in [-0.15, -0.1) is 0 Å². The Morgan fingerprint density at radius 2 is 2.12 bits per heavy atom. The summed E-state index contributed by atoms with van der Waals surface area (Å²) < 4.78 is 3.03. The van der Waals surface area contributed by atoms with Crippen LogP contribution in [0.25, 0.3) is 0 Å². The van der Waals surface area contributed by atoms with Crippen LogP contribution in [0.2, 0.25) is 0 Å². The number of nitrogens with one attached hydrogen (secondary N) is 1. The number of aryl methyl sites for hydroxylation is 2. The number of hydrogen-bond acceptors (Lipinski definition) is 5. The normalized spacial score (nSPS) is 10.7. The van der Waals surface area contributed by atoms with Crippen molar-refractivity contribution in [2.24, 2.45) is 0 Å². The molecule has 1 N–H and O–H groups in total. The number of carbonyl (C=O) groups excluding carboxylic acids is 1. The number of aromatic nitrogens is 4. The third kappa shape index (κ3) is 4.12. The van der Waals surface area contributed by atoms with Crippen molar-refractivity contribution < 1.29 is 9.72 Å². The Bertz CT molecular complexity index is 959. The first-order valence-electron chi connectivity index (χ1n) is 7.97. The molecule has 0 bridgehead atoms. The molecule has 3 aromatic rings. The summed E-state index contributed by atoms with van der Waals surface area (Å²) in [5.74, 6) is -0.609. The molecule has 0 fully saturated rings. The van der Waals surface area contributed by atoms with Gasteiger partial charge in [0.05, 0.1) is 35.3 Å². The van der Waals surface area contributed by atoms with Crippen LogP contribution in [0.4, 0.5) is 11.5 Å². The van der Waals surface area contributed by atoms with Gasteiger partial charge < -0.3 is 15.4 Å². The average Bonchev–Trinajstić information content (AvgIpc) is 3.14. The molecule has 1 amide bonds. The first-order valence-corrected chi connectivity index (χ1v) is 7.97. The molecular weight excluding hydrogens is 336 g/mol. The summed E-state index contributed by atoms with van der Waals surface area (Å²) in [4.78, 5) is 22.3. The summed E-state index contributed by atoms with van der Waals surface area (Å²) in [6, 6.07) is 9.43. The van der Waals surface area contributed by atoms with Crippen LogP contribution in [0, 0.1) is 24.0 Å². The summed E-state index contributed by atoms with van der Waals surface area (Å²) in [6.07, 6.45) is 3.30. The van der Waals surface area contributed by atoms with Crippen molar-refractivity contribution in [1.29, 1.82) is 0 Å². The zero-order valence-electron chi connectivity index (χ0n) is 14.4. The monoisotopic (exact) mass is 354 g/mol. The van der Waals surface area contributed by atoms with Gasteiger partial charge in [-0.1, -0.05) is 29.8 Å². The van der Waals surface area contributed by atoms with Gasteiger partial charge in [0.1, 0.15) is 6.54 Å². The van der Waals surface area contributed by atoms with E-state index in [-0.39, 0.29) is 18.3 Å². The van der Waals surface area contributed by atoms with Crippen molar-refractivity contribution >= 4 is 17.4 Å². The molecule has 0 atom stereocenters. The number of carbonyl (C=O) groups is 1. The smallest absolute Gasteiger partial charge is 0.358 e. The van der Waals surface area contributed by atoms with Gasteiger partial charge in [0.25, 0.3) is 0 Å². The topological polar surface area (TPSA) is 108 Å². The van der Waals surface area contributed by atoms with Crippen molar-refractivity contribution in [3.63, 3.8) is 0 Å². The molecule has 0 aliphatic heterocycles. The Hall–Kier alpha value is -3.49. The standard InChI is InChI=1S/C17H18N6O3/c1-12-4-3-5-14(6-12)9-21-10-15(8-18-21)19-17(24)11-22-13(2)7-16(20-22)23(25)26/h3-8,10H,9,11H2,1-2H3,(H,19,24). The summed E-state index contributed by atoms with van der Waals surface area (Å²) in [5.41, 5.74) is 3.39. The van der Waals surface area contributed by atoms with Crippen LogP contribution >= 0.6 is 0 Å². The fourth-order valence-corrected chi connectivity index (χ4v) is 2.59. The van der Waals surface area contributed by atoms with E-state index in [4.69, 9.17) is 0 Å². The van der Waals surface area contributed by atoms with E-state index in [1.807, 2.05) is 25.1 Å². The Balaban J connectivity index is 1.62. The van der Waals surface area contributed by atoms with E-state index in [1.54, 1.807) is 24.0 Å². The Labute approximate surface area is 149 Å². The highest BCUT2D eigenvalue weighted by molar-refractivity contribution is 5.90. The van der Waals surface area contributed by atoms with Crippen LogP contribution in [0.3, 0.4) is 0 Å². The second-order valence-electron chi connectivity index (χ2n) is 6.02. The van der Waals surface area contributed by atoms with Gasteiger partial charge in [-0.2, -0.15) is 9.78 Å². The molecule has 3 rings (SSSR count). The van der Waals surface area contributed by atoms with Gasteiger partial charge in [-0.25, -0.2) is 0 Å². The molecule has 0 unspecified atom stereocenters. The largest absolute Gasteiger partial charge is 0.390 e. The van der Waals surface area contributed by atoms with E-state index < -0.39 is 4.92 Å². The number of nitro groups is 1. The number of anilines is 1. The molecule has 2 aromatic heterocycles. The first-order chi connectivity index (χ1) is 12.4. The summed E-state index contributed by atoms with van der Waals surface area (Å²) in [7, 11) is 0. The van der Waals surface area contributed by atoms with Gasteiger partial charge in [-0.05, 0) is 24.3 Å². The van der Waals surface area contributed by atoms with Crippen LogP contribution in [-0.4, -0.2) is 30.4 Å². The quantitative estimate of drug-likeness (QED) is 0.540. The van der Waals surface area contributed by atoms with E-state index in [9.17, 15) is 14.9 Å². The minimum Gasteiger partial charge on any atom is -0.358 e. The SMILES string of the molecule is Cc1cccc(Cn2cc(NC(=O)Cn3nc([N+](=O)[O-])cc3C)cn2)c1. The number of benzene rings is 1. The molecule has 0 aliphatic carbocycles. The zero-order chi connectivity index (χ0) is 18.7. The van der Waals surface area contributed by atoms with Crippen molar-refractivity contribution in [3.8, 4) is 0 Å². The van der Waals surface area contributed by atoms with E-state index in [2.05, 4.69) is 21.6 Å². The molecule has 0 radical (unpaired) electrons. The highest BCUT2D eigenvalue weighted by atomic mass is 16.6. The van der Waals surface area contributed by atoms with Crippen LogP contribution in [0.5, 0.6) is 0 Å². The van der Waals surface area contributed by atoms with Crippen molar-refractivity contribution in [2.45, 2.75) is 26.9 Å². The fourth-order valence-electron chi connectivity index (χ4n) is 2.59. The summed E-state index contributed by atoms with van der Waals surface area (Å²) in [6.45, 7) is 4.18. The lowest BCUT2D eigenvalue weighted by Crippen LogP contribution is -2.20. The Morgan fingerprint density at radius 1 is 1.31 bits per heavy atom. The van der Waals surface area contributed by atoms with E-state index in [1.165, 1.54) is 16.3 Å². The van der Waals surface area contributed by atoms with Gasteiger partial charge >= 0.3 is 5.82 Å². The molecule has 9 heteroatoms. The lowest BCUT2D eigenvalue weighted by atomic mass is 10.1. The predicted molar refractivity (Wildman–Crippen MR) is 94.8 cm³/mol. The van der Waals surface area contributed by atoms with Crippen molar-refractivity contribution in [1.82, 2.24) is 19.6 Å². The van der Waals surface area contributed by atoms with E-state index >= 15 is 0 Å². The highest BCUT2D eigenvalue weighted by Crippen LogP contribution is 2.12. The van der Waals surface area contributed by atoms with Crippen LogP contribution in [0.1, 0.15) is 16.8 Å². The molecule has 0 saturated carbocycles. The first kappa shape index (κ1) is 17.3. The number of amides is 1. The third-order valence-electron chi connectivity index (χ3n) is 3.79. The van der Waals surface area contributed by atoms with Gasteiger partial charge in [-0.3, -0.25) is 9.48 Å². The lowest BCUT2D eigenvalue weighted by Gasteiger charge is -2.03. The zero-order valence-corrected chi connectivity index (χ0v) is 14.4. The maximum absolute atomic E-state index is 12.1. The summed E-state index contributed by atoms with van der Waals surface area (Å²) >= 11 is 0. The van der Waals surface area contributed by atoms with Crippen LogP contribution < -0.4 is 5.32 Å². The molecule has 1 aromatic carbocycles. The average molecular weight is 354 g/mol. The maximum atomic E-state index is 12.1. The molecule has 0 spiro atoms. The number of hydrogen-bond donors (Lipinski definition) is 1. The van der Waals surface area contributed by atoms with Gasteiger partial charge in [0.2, 0.25) is 5.91 Å². The number of rotatable bonds is 6. The molecule has 26 heavy (non-hydrogen) atoms. The highest BCUT2D eigenvalue weighted by Gasteiger charge is 2.17. The van der Waals surface area contributed by atoms with Crippen molar-refractivity contribution in [3.05, 3.63) is 69.7 Å². The predicted octanol–water partition coefficient (Wildman–Crippen LogP) is 2.29. The van der Waals surface area contributed by atoms with Gasteiger partial charge in [0.15, 0.2) is 0 Å². The molecule has 9 nitrogen and oxygen atoms in total. The number of nitrogens with zero attached hydrogens (tertiary/aromatic N) is 5. The molecule has 134 valence electrons. The molecular formula is C17H18N6O3. The van der Waals surface area contributed by atoms with Crippen LogP contribution in [-0.2, 0) is 17.9 Å². The Kier molecular flexibility index (Phi) is 4.78. The van der Waals surface area contributed by atoms with E-state index in [0.717, 1.165) is 5.56 Å². The second kappa shape index (κ2) is 7.18. The second-order valence-corrected chi connectivity index (χ2v) is 6.02. The van der Waals surface area contributed by atoms with Crippen molar-refractivity contribution in [2.75, 3.05) is 5.32 Å². The Morgan fingerprint density at radius 3 is 2.81 bits per heavy atom. The fraction of sp³-hybridized carbons (Fsp3) is 0.235. The summed E-state index contributed by atoms with van der Waals surface area (Å²) in [5, 5.41) is 21.5. The molecule has 2 heterocycles. The molecule has 0 aliphatic rings. The molecule has 0 saturated heterocycles. The lowest BCUT2D eigenvalue weighted by molar-refractivity contribution is -0.389. The van der Waals surface area contributed by atoms with Crippen LogP contribution in [0.15, 0.2) is 42.7 Å². The minimum absolute atomic E-state index is 0.108. The van der Waals surface area contributed by atoms with Gasteiger partial charge in [0, 0.05) is 6.20 Å². The third-order valence-corrected chi connectivity index (χ3v) is 3.79. The van der Waals surface area contributed by atoms with E-state index in [0.29, 0.717) is 17.9 Å². The minimum atomic E-state index is -0.587.